The van der Waals surface area contributed by atoms with Crippen molar-refractivity contribution in [3.05, 3.63) is 77.9 Å². The monoisotopic (exact) mass is 392 g/mol. The van der Waals surface area contributed by atoms with E-state index in [-0.39, 0.29) is 11.9 Å². The molecule has 1 saturated heterocycles. The number of hydrogen-bond donors (Lipinski definition) is 0. The van der Waals surface area contributed by atoms with Gasteiger partial charge in [-0.05, 0) is 25.0 Å². The van der Waals surface area contributed by atoms with Gasteiger partial charge in [-0.1, -0.05) is 59.8 Å². The van der Waals surface area contributed by atoms with E-state index in [0.717, 1.165) is 16.8 Å². The van der Waals surface area contributed by atoms with E-state index in [1.54, 1.807) is 24.1 Å². The summed E-state index contributed by atoms with van der Waals surface area (Å²) in [4.78, 5) is 31.2. The number of benzene rings is 2. The van der Waals surface area contributed by atoms with Crippen LogP contribution >= 0.6 is 0 Å². The summed E-state index contributed by atoms with van der Waals surface area (Å²) in [6.45, 7) is 2.44. The maximum atomic E-state index is 12.5. The Morgan fingerprint density at radius 2 is 1.93 bits per heavy atom. The highest BCUT2D eigenvalue weighted by Crippen LogP contribution is 2.29. The fraction of sp³-hybridized carbons (Fsp3) is 0.261. The normalized spacial score (nSPS) is 16.7. The van der Waals surface area contributed by atoms with E-state index in [2.05, 4.69) is 5.16 Å². The third-order valence-electron chi connectivity index (χ3n) is 4.53. The van der Waals surface area contributed by atoms with Gasteiger partial charge in [0.05, 0.1) is 24.6 Å². The van der Waals surface area contributed by atoms with E-state index in [4.69, 9.17) is 9.57 Å². The van der Waals surface area contributed by atoms with Crippen LogP contribution in [0.2, 0.25) is 0 Å². The van der Waals surface area contributed by atoms with E-state index >= 15 is 0 Å². The van der Waals surface area contributed by atoms with Crippen LogP contribution in [0.25, 0.3) is 0 Å². The van der Waals surface area contributed by atoms with Gasteiger partial charge in [-0.25, -0.2) is 4.79 Å². The minimum absolute atomic E-state index is 0.00885. The summed E-state index contributed by atoms with van der Waals surface area (Å²) in [6.07, 6.45) is 5.79. The minimum Gasteiger partial charge on any atom is -0.463 e. The number of carbonyl (C=O) groups excluding carboxylic acids is 2. The van der Waals surface area contributed by atoms with Crippen LogP contribution < -0.4 is 4.90 Å². The van der Waals surface area contributed by atoms with Gasteiger partial charge >= 0.3 is 5.97 Å². The number of oxime groups is 1. The zero-order chi connectivity index (χ0) is 20.5. The average Bonchev–Trinajstić information content (AvgIpc) is 3.11. The Labute approximate surface area is 170 Å². The molecule has 1 heterocycles. The number of nitrogens with zero attached hydrogens (tertiary/aromatic N) is 2. The molecule has 0 spiro atoms. The quantitative estimate of drug-likeness (QED) is 0.296. The molecule has 0 saturated carbocycles. The van der Waals surface area contributed by atoms with E-state index in [1.165, 1.54) is 6.08 Å². The van der Waals surface area contributed by atoms with E-state index in [9.17, 15) is 9.59 Å². The van der Waals surface area contributed by atoms with Crippen LogP contribution in [0.4, 0.5) is 5.69 Å². The highest BCUT2D eigenvalue weighted by molar-refractivity contribution is 6.01. The van der Waals surface area contributed by atoms with Crippen molar-refractivity contribution in [1.29, 1.82) is 0 Å². The van der Waals surface area contributed by atoms with Crippen LogP contribution in [-0.2, 0) is 25.8 Å². The van der Waals surface area contributed by atoms with Gasteiger partial charge in [0.25, 0.3) is 0 Å². The molecular formula is C23H24N2O4. The van der Waals surface area contributed by atoms with Crippen molar-refractivity contribution in [2.24, 2.45) is 5.16 Å². The molecule has 1 amide bonds. The second-order valence-electron chi connectivity index (χ2n) is 6.53. The zero-order valence-electron chi connectivity index (χ0n) is 16.4. The molecule has 6 heteroatoms. The minimum atomic E-state index is -0.407. The second kappa shape index (κ2) is 10.2. The number of para-hydroxylation sites is 1. The Hall–Kier alpha value is -3.41. The van der Waals surface area contributed by atoms with Crippen LogP contribution in [-0.4, -0.2) is 30.7 Å². The summed E-state index contributed by atoms with van der Waals surface area (Å²) in [5.74, 6) is -0.398. The lowest BCUT2D eigenvalue weighted by Crippen LogP contribution is -2.32. The van der Waals surface area contributed by atoms with Crippen LogP contribution in [0.3, 0.4) is 0 Å². The molecule has 6 nitrogen and oxygen atoms in total. The molecule has 0 unspecified atom stereocenters. The lowest BCUT2D eigenvalue weighted by atomic mass is 10.1. The number of amides is 1. The van der Waals surface area contributed by atoms with Crippen molar-refractivity contribution in [2.45, 2.75) is 32.4 Å². The van der Waals surface area contributed by atoms with Gasteiger partial charge in [0, 0.05) is 18.1 Å². The number of rotatable bonds is 8. The highest BCUT2D eigenvalue weighted by atomic mass is 16.6. The molecule has 1 fully saturated rings. The fourth-order valence-electron chi connectivity index (χ4n) is 3.18. The first-order valence-corrected chi connectivity index (χ1v) is 9.64. The van der Waals surface area contributed by atoms with Gasteiger partial charge in [0.2, 0.25) is 5.91 Å². The van der Waals surface area contributed by atoms with Gasteiger partial charge in [0.1, 0.15) is 6.61 Å². The van der Waals surface area contributed by atoms with Crippen molar-refractivity contribution >= 4 is 23.8 Å². The van der Waals surface area contributed by atoms with Crippen molar-refractivity contribution in [1.82, 2.24) is 0 Å². The number of ether oxygens (including phenoxy) is 1. The third kappa shape index (κ3) is 5.54. The van der Waals surface area contributed by atoms with Crippen LogP contribution in [0.15, 0.2) is 71.9 Å². The molecule has 0 aromatic heterocycles. The fourth-order valence-corrected chi connectivity index (χ4v) is 3.18. The third-order valence-corrected chi connectivity index (χ3v) is 4.53. The summed E-state index contributed by atoms with van der Waals surface area (Å²) < 4.78 is 4.93. The summed E-state index contributed by atoms with van der Waals surface area (Å²) in [5.41, 5.74) is 2.53. The maximum Gasteiger partial charge on any atom is 0.330 e. The average molecular weight is 392 g/mol. The highest BCUT2D eigenvalue weighted by Gasteiger charge is 2.31. The van der Waals surface area contributed by atoms with E-state index < -0.39 is 5.97 Å². The Balaban J connectivity index is 1.73. The molecule has 2 aromatic carbocycles. The Kier molecular flexibility index (Phi) is 7.16. The molecular weight excluding hydrogens is 368 g/mol. The molecule has 0 radical (unpaired) electrons. The Bertz CT molecular complexity index is 893. The number of hydrogen-bond acceptors (Lipinski definition) is 5. The van der Waals surface area contributed by atoms with Gasteiger partial charge < -0.3 is 14.5 Å². The maximum absolute atomic E-state index is 12.5. The SMILES string of the molecule is CCOC(=O)/C=C/[C@@H]1CCC(=O)N1c1ccccc1/C=N\OCc1ccccc1. The molecule has 2 aromatic rings. The molecule has 0 bridgehead atoms. The van der Waals surface area contributed by atoms with Crippen LogP contribution in [0.5, 0.6) is 0 Å². The molecule has 1 atom stereocenters. The van der Waals surface area contributed by atoms with Crippen molar-refractivity contribution in [3.8, 4) is 0 Å². The lowest BCUT2D eigenvalue weighted by molar-refractivity contribution is -0.137. The van der Waals surface area contributed by atoms with Gasteiger partial charge in [-0.15, -0.1) is 0 Å². The smallest absolute Gasteiger partial charge is 0.330 e. The van der Waals surface area contributed by atoms with E-state index in [0.29, 0.717) is 26.1 Å². The molecule has 1 aliphatic rings. The molecule has 0 N–H and O–H groups in total. The lowest BCUT2D eigenvalue weighted by Gasteiger charge is -2.24. The number of esters is 1. The van der Waals surface area contributed by atoms with Crippen molar-refractivity contribution in [2.75, 3.05) is 11.5 Å². The Morgan fingerprint density at radius 1 is 1.17 bits per heavy atom. The summed E-state index contributed by atoms with van der Waals surface area (Å²) in [5, 5.41) is 4.06. The van der Waals surface area contributed by atoms with Gasteiger partial charge in [-0.3, -0.25) is 4.79 Å². The van der Waals surface area contributed by atoms with Crippen LogP contribution in [0, 0.1) is 0 Å². The summed E-state index contributed by atoms with van der Waals surface area (Å²) >= 11 is 0. The number of anilines is 1. The topological polar surface area (TPSA) is 68.2 Å². The largest absolute Gasteiger partial charge is 0.463 e. The van der Waals surface area contributed by atoms with Crippen molar-refractivity contribution in [3.63, 3.8) is 0 Å². The first-order valence-electron chi connectivity index (χ1n) is 9.64. The predicted molar refractivity (Wildman–Crippen MR) is 112 cm³/mol. The van der Waals surface area contributed by atoms with Gasteiger partial charge in [-0.2, -0.15) is 0 Å². The summed E-state index contributed by atoms with van der Waals surface area (Å²) in [6, 6.07) is 17.1. The molecule has 29 heavy (non-hydrogen) atoms. The van der Waals surface area contributed by atoms with Crippen LogP contribution in [0.1, 0.15) is 30.9 Å². The number of carbonyl (C=O) groups is 2. The molecule has 1 aliphatic heterocycles. The van der Waals surface area contributed by atoms with Crippen molar-refractivity contribution < 1.29 is 19.2 Å². The molecule has 3 rings (SSSR count). The van der Waals surface area contributed by atoms with Gasteiger partial charge in [0.15, 0.2) is 0 Å². The molecule has 150 valence electrons. The standard InChI is InChI=1S/C23H24N2O4/c1-2-28-23(27)15-13-20-12-14-22(26)25(20)21-11-7-6-10-19(21)16-24-29-17-18-8-4-3-5-9-18/h3-11,13,15-16,20H,2,12,14,17H2,1H3/b15-13+,24-16-/t20-/m0/s1. The first-order chi connectivity index (χ1) is 14.2. The summed E-state index contributed by atoms with van der Waals surface area (Å²) in [7, 11) is 0. The first kappa shape index (κ1) is 20.3. The predicted octanol–water partition coefficient (Wildman–Crippen LogP) is 3.85. The zero-order valence-corrected chi connectivity index (χ0v) is 16.4. The Morgan fingerprint density at radius 3 is 2.72 bits per heavy atom. The molecule has 0 aliphatic carbocycles. The second-order valence-corrected chi connectivity index (χ2v) is 6.53. The van der Waals surface area contributed by atoms with E-state index in [1.807, 2.05) is 54.6 Å².